The molecule has 0 aliphatic carbocycles. The van der Waals surface area contributed by atoms with Gasteiger partial charge in [-0.25, -0.2) is 4.98 Å². The van der Waals surface area contributed by atoms with E-state index in [0.717, 1.165) is 54.4 Å². The second kappa shape index (κ2) is 9.75. The molecule has 7 nitrogen and oxygen atoms in total. The van der Waals surface area contributed by atoms with E-state index in [0.29, 0.717) is 16.5 Å². The van der Waals surface area contributed by atoms with E-state index in [2.05, 4.69) is 41.0 Å². The van der Waals surface area contributed by atoms with Crippen molar-refractivity contribution in [2.24, 2.45) is 4.99 Å². The molecule has 8 heteroatoms. The molecular formula is C23H31ClN6O. The van der Waals surface area contributed by atoms with Crippen molar-refractivity contribution in [2.75, 3.05) is 31.6 Å². The Balaban J connectivity index is 2.24. The Hall–Kier alpha value is -2.51. The van der Waals surface area contributed by atoms with E-state index in [1.165, 1.54) is 0 Å². The molecule has 1 aliphatic heterocycles. The van der Waals surface area contributed by atoms with Crippen molar-refractivity contribution in [3.63, 3.8) is 0 Å². The molecular weight excluding hydrogens is 412 g/mol. The summed E-state index contributed by atoms with van der Waals surface area (Å²) in [4.78, 5) is 30.3. The zero-order valence-electron chi connectivity index (χ0n) is 19.1. The fourth-order valence-corrected chi connectivity index (χ4v) is 4.14. The zero-order chi connectivity index (χ0) is 22.7. The molecule has 31 heavy (non-hydrogen) atoms. The Morgan fingerprint density at radius 1 is 1.42 bits per heavy atom. The first kappa shape index (κ1) is 23.2. The number of amides is 1. The largest absolute Gasteiger partial charge is 0.351 e. The lowest BCUT2D eigenvalue weighted by Crippen LogP contribution is -2.52. The highest BCUT2D eigenvalue weighted by molar-refractivity contribution is 6.31. The number of rotatable bonds is 5. The number of anilines is 2. The van der Waals surface area contributed by atoms with Crippen molar-refractivity contribution in [1.82, 2.24) is 20.2 Å². The Bertz CT molecular complexity index is 990. The highest BCUT2D eigenvalue weighted by Crippen LogP contribution is 2.36. The van der Waals surface area contributed by atoms with E-state index >= 15 is 0 Å². The number of amidine groups is 1. The van der Waals surface area contributed by atoms with E-state index in [1.807, 2.05) is 26.0 Å². The molecule has 0 spiro atoms. The normalized spacial score (nSPS) is 17.2. The fourth-order valence-electron chi connectivity index (χ4n) is 3.99. The summed E-state index contributed by atoms with van der Waals surface area (Å²) in [7, 11) is 1.77. The van der Waals surface area contributed by atoms with E-state index in [-0.39, 0.29) is 12.0 Å². The molecule has 1 unspecified atom stereocenters. The number of halogens is 1. The van der Waals surface area contributed by atoms with Gasteiger partial charge in [-0.2, -0.15) is 0 Å². The van der Waals surface area contributed by atoms with Gasteiger partial charge in [-0.1, -0.05) is 25.4 Å². The van der Waals surface area contributed by atoms with Crippen LogP contribution in [0.3, 0.4) is 0 Å². The number of hydrogen-bond acceptors (Lipinski definition) is 5. The molecule has 2 aromatic heterocycles. The van der Waals surface area contributed by atoms with Crippen LogP contribution in [0.1, 0.15) is 49.2 Å². The smallest absolute Gasteiger partial charge is 0.219 e. The van der Waals surface area contributed by atoms with Gasteiger partial charge in [-0.15, -0.1) is 0 Å². The van der Waals surface area contributed by atoms with Crippen molar-refractivity contribution in [1.29, 1.82) is 0 Å². The fraction of sp³-hybridized carbons (Fsp3) is 0.478. The van der Waals surface area contributed by atoms with Gasteiger partial charge in [0, 0.05) is 38.9 Å². The van der Waals surface area contributed by atoms with Gasteiger partial charge in [-0.05, 0) is 44.4 Å². The van der Waals surface area contributed by atoms with Gasteiger partial charge >= 0.3 is 0 Å². The predicted molar refractivity (Wildman–Crippen MR) is 127 cm³/mol. The van der Waals surface area contributed by atoms with Crippen LogP contribution in [0.25, 0.3) is 0 Å². The van der Waals surface area contributed by atoms with E-state index in [4.69, 9.17) is 16.6 Å². The number of aromatic nitrogens is 2. The number of aliphatic imine (C=N–C) groups is 1. The van der Waals surface area contributed by atoms with Crippen molar-refractivity contribution >= 4 is 35.4 Å². The maximum atomic E-state index is 12.5. The molecule has 0 bridgehead atoms. The number of nitrogens with zero attached hydrogens (tertiary/aromatic N) is 5. The number of carbonyl (C=O) groups excluding carboxylic acids is 1. The Kier molecular flexibility index (Phi) is 7.28. The van der Waals surface area contributed by atoms with Crippen molar-refractivity contribution in [3.8, 4) is 0 Å². The van der Waals surface area contributed by atoms with Gasteiger partial charge in [0.25, 0.3) is 0 Å². The van der Waals surface area contributed by atoms with Gasteiger partial charge in [0.05, 0.1) is 27.7 Å². The van der Waals surface area contributed by atoms with Crippen molar-refractivity contribution in [3.05, 3.63) is 45.9 Å². The van der Waals surface area contributed by atoms with Gasteiger partial charge < -0.3 is 10.2 Å². The van der Waals surface area contributed by atoms with Crippen LogP contribution in [0.2, 0.25) is 5.02 Å². The van der Waals surface area contributed by atoms with Crippen molar-refractivity contribution in [2.45, 2.75) is 46.6 Å². The first-order valence-corrected chi connectivity index (χ1v) is 11.0. The van der Waals surface area contributed by atoms with Crippen LogP contribution in [0.5, 0.6) is 0 Å². The summed E-state index contributed by atoms with van der Waals surface area (Å²) in [5.41, 5.74) is 3.95. The van der Waals surface area contributed by atoms with E-state index in [1.54, 1.807) is 18.1 Å². The van der Waals surface area contributed by atoms with E-state index in [9.17, 15) is 4.79 Å². The first-order chi connectivity index (χ1) is 14.8. The third-order valence-electron chi connectivity index (χ3n) is 5.63. The SMILES string of the molecule is CN=C(c1cc(Cl)c(C)nc1N(C=O)c1c(C)ccnc1C(C)C)N1CCNCC1C. The van der Waals surface area contributed by atoms with Gasteiger partial charge in [0.15, 0.2) is 5.82 Å². The third-order valence-corrected chi connectivity index (χ3v) is 6.02. The lowest BCUT2D eigenvalue weighted by Gasteiger charge is -2.37. The second-order valence-electron chi connectivity index (χ2n) is 8.21. The summed E-state index contributed by atoms with van der Waals surface area (Å²) in [5, 5.41) is 3.95. The number of aryl methyl sites for hydroxylation is 2. The lowest BCUT2D eigenvalue weighted by atomic mass is 10.0. The van der Waals surface area contributed by atoms with Crippen LogP contribution in [-0.2, 0) is 4.79 Å². The summed E-state index contributed by atoms with van der Waals surface area (Å²) in [6, 6.07) is 4.03. The van der Waals surface area contributed by atoms with Gasteiger partial charge in [0.2, 0.25) is 6.41 Å². The monoisotopic (exact) mass is 442 g/mol. The number of nitrogens with one attached hydrogen (secondary N) is 1. The summed E-state index contributed by atoms with van der Waals surface area (Å²) < 4.78 is 0. The Labute approximate surface area is 189 Å². The molecule has 1 atom stereocenters. The summed E-state index contributed by atoms with van der Waals surface area (Å²) in [6.45, 7) is 12.6. The number of piperazine rings is 1. The molecule has 0 aromatic carbocycles. The first-order valence-electron chi connectivity index (χ1n) is 10.6. The van der Waals surface area contributed by atoms with Crippen LogP contribution >= 0.6 is 11.6 Å². The topological polar surface area (TPSA) is 73.7 Å². The van der Waals surface area contributed by atoms with Gasteiger partial charge in [0.1, 0.15) is 5.84 Å². The Morgan fingerprint density at radius 2 is 2.16 bits per heavy atom. The van der Waals surface area contributed by atoms with Crippen LogP contribution in [0, 0.1) is 13.8 Å². The molecule has 0 radical (unpaired) electrons. The molecule has 1 aliphatic rings. The molecule has 166 valence electrons. The maximum absolute atomic E-state index is 12.5. The predicted octanol–water partition coefficient (Wildman–Crippen LogP) is 3.83. The molecule has 3 heterocycles. The quantitative estimate of drug-likeness (QED) is 0.432. The summed E-state index contributed by atoms with van der Waals surface area (Å²) in [6.07, 6.45) is 2.59. The van der Waals surface area contributed by atoms with Crippen LogP contribution < -0.4 is 10.2 Å². The number of pyridine rings is 2. The maximum Gasteiger partial charge on any atom is 0.219 e. The summed E-state index contributed by atoms with van der Waals surface area (Å²) in [5.74, 6) is 1.43. The number of hydrogen-bond donors (Lipinski definition) is 1. The minimum absolute atomic E-state index is 0.140. The summed E-state index contributed by atoms with van der Waals surface area (Å²) >= 11 is 6.50. The van der Waals surface area contributed by atoms with Crippen molar-refractivity contribution < 1.29 is 4.79 Å². The number of carbonyl (C=O) groups is 1. The minimum Gasteiger partial charge on any atom is -0.351 e. The third kappa shape index (κ3) is 4.57. The molecule has 1 saturated heterocycles. The van der Waals surface area contributed by atoms with Crippen LogP contribution in [-0.4, -0.2) is 59.8 Å². The minimum atomic E-state index is 0.140. The Morgan fingerprint density at radius 3 is 2.77 bits per heavy atom. The lowest BCUT2D eigenvalue weighted by molar-refractivity contribution is -0.106. The van der Waals surface area contributed by atoms with Crippen LogP contribution in [0.4, 0.5) is 11.5 Å². The molecule has 3 rings (SSSR count). The van der Waals surface area contributed by atoms with E-state index < -0.39 is 0 Å². The highest BCUT2D eigenvalue weighted by Gasteiger charge is 2.29. The molecule has 1 N–H and O–H groups in total. The molecule has 0 saturated carbocycles. The zero-order valence-corrected chi connectivity index (χ0v) is 19.9. The average Bonchev–Trinajstić information content (AvgIpc) is 2.74. The average molecular weight is 443 g/mol. The van der Waals surface area contributed by atoms with Gasteiger partial charge in [-0.3, -0.25) is 19.7 Å². The highest BCUT2D eigenvalue weighted by atomic mass is 35.5. The molecule has 2 aromatic rings. The van der Waals surface area contributed by atoms with Crippen LogP contribution in [0.15, 0.2) is 23.3 Å². The standard InChI is InChI=1S/C23H31ClN6O/c1-14(2)20-21(15(3)7-8-27-20)30(13-31)23-18(11-19(24)17(5)28-23)22(25-6)29-10-9-26-12-16(29)4/h7-8,11,13-14,16,26H,9-10,12H2,1-6H3. The second-order valence-corrected chi connectivity index (χ2v) is 8.62. The molecule has 1 amide bonds. The molecule has 1 fully saturated rings.